The molecule has 0 aromatic heterocycles. The highest BCUT2D eigenvalue weighted by Crippen LogP contribution is 2.28. The number of carbonyl (C=O) groups excluding carboxylic acids is 3. The summed E-state index contributed by atoms with van der Waals surface area (Å²) in [7, 11) is 0. The molecule has 0 aromatic carbocycles. The minimum atomic E-state index is -1.49. The summed E-state index contributed by atoms with van der Waals surface area (Å²) in [5, 5.41) is 13.6. The fourth-order valence-electron chi connectivity index (χ4n) is 4.80. The van der Waals surface area contributed by atoms with Crippen molar-refractivity contribution >= 4 is 17.8 Å². The number of hydrogen-bond acceptors (Lipinski definition) is 9. The molecule has 0 unspecified atom stereocenters. The van der Waals surface area contributed by atoms with E-state index in [2.05, 4.69) is 10.2 Å². The summed E-state index contributed by atoms with van der Waals surface area (Å²) in [5.74, 6) is -1.44. The highest BCUT2D eigenvalue weighted by atomic mass is 16.6. The van der Waals surface area contributed by atoms with Gasteiger partial charge < -0.3 is 30.4 Å². The molecule has 3 rings (SSSR count). The van der Waals surface area contributed by atoms with E-state index in [4.69, 9.17) is 19.9 Å². The lowest BCUT2D eigenvalue weighted by atomic mass is 9.83. The standard InChI is InChI=1S/C23H39N3O7/c24-18-15-32-20(27)8-4-7-17(14-26-9-11-31-12-10-26)33-23(30)21(28)19(25-22(18)29)13-16-5-2-1-3-6-16/h16-19,21,28H,1-15,24H2,(H,25,29)/t17-,18+,19+,21-/m1/s1. The zero-order valence-corrected chi connectivity index (χ0v) is 19.4. The normalized spacial score (nSPS) is 32.4. The van der Waals surface area contributed by atoms with E-state index in [1.165, 1.54) is 6.42 Å². The lowest BCUT2D eigenvalue weighted by Crippen LogP contribution is -2.54. The van der Waals surface area contributed by atoms with E-state index >= 15 is 0 Å². The van der Waals surface area contributed by atoms with Crippen LogP contribution in [0.3, 0.4) is 0 Å². The molecule has 10 heteroatoms. The number of hydrogen-bond donors (Lipinski definition) is 3. The van der Waals surface area contributed by atoms with Gasteiger partial charge in [-0.05, 0) is 25.2 Å². The van der Waals surface area contributed by atoms with Gasteiger partial charge in [0.25, 0.3) is 0 Å². The highest BCUT2D eigenvalue weighted by molar-refractivity contribution is 5.84. The number of nitrogens with one attached hydrogen (secondary N) is 1. The van der Waals surface area contributed by atoms with Crippen molar-refractivity contribution in [3.63, 3.8) is 0 Å². The third-order valence-corrected chi connectivity index (χ3v) is 6.78. The summed E-state index contributed by atoms with van der Waals surface area (Å²) in [6, 6.07) is -1.87. The van der Waals surface area contributed by atoms with Crippen molar-refractivity contribution < 1.29 is 33.7 Å². The fraction of sp³-hybridized carbons (Fsp3) is 0.870. The average Bonchev–Trinajstić information content (AvgIpc) is 2.82. The lowest BCUT2D eigenvalue weighted by Gasteiger charge is -2.33. The van der Waals surface area contributed by atoms with Crippen molar-refractivity contribution in [3.8, 4) is 0 Å². The van der Waals surface area contributed by atoms with Crippen LogP contribution in [0.5, 0.6) is 0 Å². The van der Waals surface area contributed by atoms with Crippen LogP contribution in [0.1, 0.15) is 57.8 Å². The first-order valence-corrected chi connectivity index (χ1v) is 12.3. The Morgan fingerprint density at radius 1 is 1.03 bits per heavy atom. The molecule has 1 aliphatic carbocycles. The van der Waals surface area contributed by atoms with Crippen LogP contribution >= 0.6 is 0 Å². The summed E-state index contributed by atoms with van der Waals surface area (Å²) >= 11 is 0. The number of carbonyl (C=O) groups is 3. The number of amides is 1. The summed E-state index contributed by atoms with van der Waals surface area (Å²) in [4.78, 5) is 39.8. The summed E-state index contributed by atoms with van der Waals surface area (Å²) in [6.45, 7) is 2.96. The molecule has 2 heterocycles. The monoisotopic (exact) mass is 469 g/mol. The van der Waals surface area contributed by atoms with Gasteiger partial charge in [-0.1, -0.05) is 32.1 Å². The van der Waals surface area contributed by atoms with Crippen LogP contribution in [0.25, 0.3) is 0 Å². The highest BCUT2D eigenvalue weighted by Gasteiger charge is 2.34. The van der Waals surface area contributed by atoms with Crippen LogP contribution in [-0.4, -0.2) is 91.6 Å². The Balaban J connectivity index is 1.71. The smallest absolute Gasteiger partial charge is 0.337 e. The minimum absolute atomic E-state index is 0.137. The predicted octanol–water partition coefficient (Wildman–Crippen LogP) is 0.101. The van der Waals surface area contributed by atoms with E-state index in [-0.39, 0.29) is 13.0 Å². The van der Waals surface area contributed by atoms with E-state index in [1.54, 1.807) is 0 Å². The first-order chi connectivity index (χ1) is 15.9. The molecule has 10 nitrogen and oxygen atoms in total. The van der Waals surface area contributed by atoms with Gasteiger partial charge in [0.1, 0.15) is 18.8 Å². The SMILES string of the molecule is N[C@H]1COC(=O)CCC[C@H](CN2CCOCC2)OC(=O)[C@H](O)[C@H](CC2CCCCC2)NC1=O. The van der Waals surface area contributed by atoms with Gasteiger partial charge in [0.15, 0.2) is 6.10 Å². The predicted molar refractivity (Wildman–Crippen MR) is 119 cm³/mol. The van der Waals surface area contributed by atoms with Crippen LogP contribution in [0.2, 0.25) is 0 Å². The van der Waals surface area contributed by atoms with Gasteiger partial charge in [-0.25, -0.2) is 4.79 Å². The summed E-state index contributed by atoms with van der Waals surface area (Å²) in [6.07, 6.45) is 4.95. The van der Waals surface area contributed by atoms with Crippen molar-refractivity contribution in [3.05, 3.63) is 0 Å². The third kappa shape index (κ3) is 8.51. The van der Waals surface area contributed by atoms with Gasteiger partial charge in [-0.3, -0.25) is 14.5 Å². The number of ether oxygens (including phenoxy) is 3. The number of cyclic esters (lactones) is 2. The van der Waals surface area contributed by atoms with Crippen LogP contribution in [0.4, 0.5) is 0 Å². The molecule has 0 radical (unpaired) electrons. The van der Waals surface area contributed by atoms with Crippen molar-refractivity contribution in [2.75, 3.05) is 39.5 Å². The van der Waals surface area contributed by atoms with Crippen molar-refractivity contribution in [2.24, 2.45) is 11.7 Å². The van der Waals surface area contributed by atoms with Gasteiger partial charge in [0, 0.05) is 26.1 Å². The second-order valence-corrected chi connectivity index (χ2v) is 9.45. The number of aliphatic hydroxyl groups excluding tert-OH is 1. The minimum Gasteiger partial charge on any atom is -0.463 e. The van der Waals surface area contributed by atoms with Gasteiger partial charge >= 0.3 is 11.9 Å². The maximum Gasteiger partial charge on any atom is 0.337 e. The first-order valence-electron chi connectivity index (χ1n) is 12.3. The number of nitrogens with two attached hydrogens (primary N) is 1. The Morgan fingerprint density at radius 3 is 2.48 bits per heavy atom. The number of nitrogens with zero attached hydrogens (tertiary/aromatic N) is 1. The molecule has 1 amide bonds. The maximum atomic E-state index is 13.0. The lowest BCUT2D eigenvalue weighted by molar-refractivity contribution is -0.163. The Hall–Kier alpha value is -1.75. The molecule has 3 aliphatic rings. The molecule has 188 valence electrons. The van der Waals surface area contributed by atoms with Crippen molar-refractivity contribution in [1.82, 2.24) is 10.2 Å². The number of esters is 2. The molecule has 1 saturated carbocycles. The van der Waals surface area contributed by atoms with Crippen LogP contribution in [0.15, 0.2) is 0 Å². The second kappa shape index (κ2) is 13.2. The van der Waals surface area contributed by atoms with Crippen LogP contribution < -0.4 is 11.1 Å². The number of rotatable bonds is 4. The molecule has 4 N–H and O–H groups in total. The topological polar surface area (TPSA) is 140 Å². The van der Waals surface area contributed by atoms with Gasteiger partial charge in [0.05, 0.1) is 19.3 Å². The third-order valence-electron chi connectivity index (χ3n) is 6.78. The average molecular weight is 470 g/mol. The quantitative estimate of drug-likeness (QED) is 0.489. The molecule has 0 bridgehead atoms. The van der Waals surface area contributed by atoms with Crippen LogP contribution in [-0.2, 0) is 28.6 Å². The Kier molecular flexibility index (Phi) is 10.4. The van der Waals surface area contributed by atoms with Crippen molar-refractivity contribution in [2.45, 2.75) is 82.1 Å². The van der Waals surface area contributed by atoms with Crippen LogP contribution in [0, 0.1) is 5.92 Å². The van der Waals surface area contributed by atoms with Gasteiger partial charge in [-0.2, -0.15) is 0 Å². The van der Waals surface area contributed by atoms with E-state index < -0.39 is 42.1 Å². The number of aliphatic hydroxyl groups is 1. The van der Waals surface area contributed by atoms with Gasteiger partial charge in [0.2, 0.25) is 5.91 Å². The zero-order chi connectivity index (χ0) is 23.6. The molecular weight excluding hydrogens is 430 g/mol. The Bertz CT molecular complexity index is 650. The molecule has 2 aliphatic heterocycles. The largest absolute Gasteiger partial charge is 0.463 e. The van der Waals surface area contributed by atoms with E-state index in [0.29, 0.717) is 44.9 Å². The number of morpholine rings is 1. The van der Waals surface area contributed by atoms with Gasteiger partial charge in [-0.15, -0.1) is 0 Å². The summed E-state index contributed by atoms with van der Waals surface area (Å²) < 4.78 is 16.3. The molecule has 4 atom stereocenters. The molecule has 33 heavy (non-hydrogen) atoms. The molecule has 3 fully saturated rings. The second-order valence-electron chi connectivity index (χ2n) is 9.45. The first kappa shape index (κ1) is 25.9. The molecular formula is C23H39N3O7. The van der Waals surface area contributed by atoms with E-state index in [1.807, 2.05) is 0 Å². The van der Waals surface area contributed by atoms with E-state index in [9.17, 15) is 19.5 Å². The van der Waals surface area contributed by atoms with E-state index in [0.717, 1.165) is 38.8 Å². The molecule has 0 aromatic rings. The maximum absolute atomic E-state index is 13.0. The molecule has 2 saturated heterocycles. The van der Waals surface area contributed by atoms with Crippen molar-refractivity contribution in [1.29, 1.82) is 0 Å². The zero-order valence-electron chi connectivity index (χ0n) is 19.4. The summed E-state index contributed by atoms with van der Waals surface area (Å²) in [5.41, 5.74) is 5.89. The fourth-order valence-corrected chi connectivity index (χ4v) is 4.80. The Morgan fingerprint density at radius 2 is 1.76 bits per heavy atom. The molecule has 0 spiro atoms. The Labute approximate surface area is 195 Å².